The van der Waals surface area contributed by atoms with Crippen LogP contribution in [-0.2, 0) is 0 Å². The first-order valence-electron chi connectivity index (χ1n) is 6.77. The van der Waals surface area contributed by atoms with E-state index in [0.29, 0.717) is 18.0 Å². The summed E-state index contributed by atoms with van der Waals surface area (Å²) >= 11 is 1.46. The second-order valence-corrected chi connectivity index (χ2v) is 6.21. The molecule has 1 aromatic carbocycles. The summed E-state index contributed by atoms with van der Waals surface area (Å²) in [5.41, 5.74) is 2.93. The fourth-order valence-corrected chi connectivity index (χ4v) is 2.84. The number of imidazole rings is 1. The van der Waals surface area contributed by atoms with E-state index in [2.05, 4.69) is 16.7 Å². The van der Waals surface area contributed by atoms with Gasteiger partial charge in [0.05, 0.1) is 0 Å². The minimum absolute atomic E-state index is 0.468. The van der Waals surface area contributed by atoms with Crippen LogP contribution in [0.5, 0.6) is 5.75 Å². The van der Waals surface area contributed by atoms with Crippen molar-refractivity contribution < 1.29 is 9.53 Å². The fourth-order valence-electron chi connectivity index (χ4n) is 2.09. The van der Waals surface area contributed by atoms with E-state index in [0.717, 1.165) is 33.1 Å². The van der Waals surface area contributed by atoms with Crippen LogP contribution in [0.4, 0.5) is 0 Å². The zero-order valence-electron chi connectivity index (χ0n) is 12.4. The Labute approximate surface area is 131 Å². The first-order valence-corrected chi connectivity index (χ1v) is 7.59. The molecule has 0 saturated carbocycles. The molecule has 2 aromatic heterocycles. The number of fused-ring (bicyclic) bond motifs is 1. The Bertz CT molecular complexity index is 846. The Balaban J connectivity index is 1.95. The van der Waals surface area contributed by atoms with Gasteiger partial charge in [-0.05, 0) is 43.7 Å². The zero-order valence-corrected chi connectivity index (χ0v) is 13.2. The fraction of sp³-hybridized carbons (Fsp3) is 0.188. The van der Waals surface area contributed by atoms with Crippen molar-refractivity contribution >= 4 is 22.6 Å². The first kappa shape index (κ1) is 14.5. The Morgan fingerprint density at radius 1 is 1.41 bits per heavy atom. The second kappa shape index (κ2) is 5.73. The molecule has 5 nitrogen and oxygen atoms in total. The lowest BCUT2D eigenvalue weighted by molar-refractivity contribution is 0.111. The van der Waals surface area contributed by atoms with E-state index in [4.69, 9.17) is 4.74 Å². The molecule has 112 valence electrons. The molecule has 0 atom stereocenters. The van der Waals surface area contributed by atoms with Crippen LogP contribution in [0.25, 0.3) is 16.2 Å². The van der Waals surface area contributed by atoms with Crippen LogP contribution in [0.2, 0.25) is 0 Å². The predicted octanol–water partition coefficient (Wildman–Crippen LogP) is 3.53. The van der Waals surface area contributed by atoms with Gasteiger partial charge in [0, 0.05) is 5.56 Å². The van der Waals surface area contributed by atoms with Crippen molar-refractivity contribution in [3.8, 4) is 17.0 Å². The normalized spacial score (nSPS) is 10.8. The lowest BCUT2D eigenvalue weighted by atomic mass is 10.1. The minimum Gasteiger partial charge on any atom is -0.489 e. The van der Waals surface area contributed by atoms with E-state index in [9.17, 15) is 4.79 Å². The van der Waals surface area contributed by atoms with Gasteiger partial charge in [0.1, 0.15) is 28.8 Å². The Morgan fingerprint density at radius 2 is 2.14 bits per heavy atom. The second-order valence-electron chi connectivity index (χ2n) is 5.05. The summed E-state index contributed by atoms with van der Waals surface area (Å²) in [4.78, 5) is 16.6. The molecule has 6 heteroatoms. The number of carbonyl (C=O) groups is 1. The van der Waals surface area contributed by atoms with Gasteiger partial charge in [-0.25, -0.2) is 4.98 Å². The number of carbonyl (C=O) groups excluding carboxylic acids is 1. The molecule has 0 aliphatic rings. The maximum Gasteiger partial charge on any atom is 0.213 e. The smallest absolute Gasteiger partial charge is 0.213 e. The molecule has 0 aliphatic heterocycles. The van der Waals surface area contributed by atoms with Crippen molar-refractivity contribution in [2.45, 2.75) is 13.8 Å². The average Bonchev–Trinajstić information content (AvgIpc) is 3.01. The Morgan fingerprint density at radius 3 is 2.77 bits per heavy atom. The van der Waals surface area contributed by atoms with Crippen molar-refractivity contribution in [3.05, 3.63) is 47.1 Å². The number of benzene rings is 1. The SMILES string of the molecule is C=C(C)COc1ccc(-c2nc3sc(C)nn3c2C=O)cc1. The van der Waals surface area contributed by atoms with Crippen molar-refractivity contribution in [1.82, 2.24) is 14.6 Å². The molecule has 0 fully saturated rings. The van der Waals surface area contributed by atoms with Crippen LogP contribution in [0.1, 0.15) is 22.4 Å². The molecule has 0 bridgehead atoms. The summed E-state index contributed by atoms with van der Waals surface area (Å²) < 4.78 is 7.16. The quantitative estimate of drug-likeness (QED) is 0.534. The molecule has 3 rings (SSSR count). The van der Waals surface area contributed by atoms with E-state index < -0.39 is 0 Å². The van der Waals surface area contributed by atoms with Gasteiger partial charge in [-0.2, -0.15) is 9.61 Å². The lowest BCUT2D eigenvalue weighted by Gasteiger charge is -2.06. The number of hydrogen-bond donors (Lipinski definition) is 0. The molecule has 0 saturated heterocycles. The Hall–Kier alpha value is -2.47. The monoisotopic (exact) mass is 313 g/mol. The van der Waals surface area contributed by atoms with Crippen LogP contribution in [-0.4, -0.2) is 27.5 Å². The largest absolute Gasteiger partial charge is 0.489 e. The minimum atomic E-state index is 0.468. The summed E-state index contributed by atoms with van der Waals surface area (Å²) in [6.07, 6.45) is 0.792. The molecule has 22 heavy (non-hydrogen) atoms. The highest BCUT2D eigenvalue weighted by Gasteiger charge is 2.16. The molecule has 0 unspecified atom stereocenters. The summed E-state index contributed by atoms with van der Waals surface area (Å²) in [5, 5.41) is 5.18. The third-order valence-corrected chi connectivity index (χ3v) is 3.89. The molecule has 0 N–H and O–H groups in total. The van der Waals surface area contributed by atoms with Crippen LogP contribution >= 0.6 is 11.3 Å². The van der Waals surface area contributed by atoms with Gasteiger partial charge < -0.3 is 4.74 Å². The summed E-state index contributed by atoms with van der Waals surface area (Å²) in [6.45, 7) is 8.09. The molecule has 2 heterocycles. The number of hydrogen-bond acceptors (Lipinski definition) is 5. The molecule has 0 aliphatic carbocycles. The van der Waals surface area contributed by atoms with E-state index in [1.807, 2.05) is 38.1 Å². The predicted molar refractivity (Wildman–Crippen MR) is 86.7 cm³/mol. The molecular weight excluding hydrogens is 298 g/mol. The van der Waals surface area contributed by atoms with Crippen molar-refractivity contribution in [3.63, 3.8) is 0 Å². The highest BCUT2D eigenvalue weighted by Crippen LogP contribution is 2.27. The Kier molecular flexibility index (Phi) is 3.77. The lowest BCUT2D eigenvalue weighted by Crippen LogP contribution is -1.97. The van der Waals surface area contributed by atoms with Gasteiger partial charge in [0.25, 0.3) is 0 Å². The van der Waals surface area contributed by atoms with Crippen molar-refractivity contribution in [2.75, 3.05) is 6.61 Å². The maximum atomic E-state index is 11.4. The topological polar surface area (TPSA) is 56.5 Å². The number of aldehydes is 1. The van der Waals surface area contributed by atoms with Gasteiger partial charge in [0.15, 0.2) is 6.29 Å². The van der Waals surface area contributed by atoms with Gasteiger partial charge in [-0.15, -0.1) is 0 Å². The van der Waals surface area contributed by atoms with Crippen molar-refractivity contribution in [2.24, 2.45) is 0 Å². The standard InChI is InChI=1S/C16H15N3O2S/c1-10(2)9-21-13-6-4-12(5-7-13)15-14(8-20)19-16(17-15)22-11(3)18-19/h4-8H,1,9H2,2-3H3. The highest BCUT2D eigenvalue weighted by molar-refractivity contribution is 7.16. The number of aromatic nitrogens is 3. The van der Waals surface area contributed by atoms with Gasteiger partial charge in [-0.3, -0.25) is 4.79 Å². The van der Waals surface area contributed by atoms with Crippen molar-refractivity contribution in [1.29, 1.82) is 0 Å². The molecule has 0 radical (unpaired) electrons. The van der Waals surface area contributed by atoms with E-state index >= 15 is 0 Å². The number of aryl methyl sites for hydroxylation is 1. The van der Waals surface area contributed by atoms with E-state index in [-0.39, 0.29) is 0 Å². The molecule has 0 spiro atoms. The highest BCUT2D eigenvalue weighted by atomic mass is 32.1. The van der Waals surface area contributed by atoms with Gasteiger partial charge >= 0.3 is 0 Å². The number of nitrogens with zero attached hydrogens (tertiary/aromatic N) is 3. The van der Waals surface area contributed by atoms with Crippen LogP contribution in [0.3, 0.4) is 0 Å². The van der Waals surface area contributed by atoms with Gasteiger partial charge in [0.2, 0.25) is 4.96 Å². The maximum absolute atomic E-state index is 11.4. The number of ether oxygens (including phenoxy) is 1. The third kappa shape index (κ3) is 2.65. The molecular formula is C16H15N3O2S. The first-order chi connectivity index (χ1) is 10.6. The third-order valence-electron chi connectivity index (χ3n) is 3.06. The van der Waals surface area contributed by atoms with E-state index in [1.165, 1.54) is 11.3 Å². The molecule has 3 aromatic rings. The van der Waals surface area contributed by atoms with Crippen LogP contribution < -0.4 is 4.74 Å². The summed E-state index contributed by atoms with van der Waals surface area (Å²) in [7, 11) is 0. The van der Waals surface area contributed by atoms with Crippen LogP contribution in [0.15, 0.2) is 36.4 Å². The van der Waals surface area contributed by atoms with Gasteiger partial charge in [-0.1, -0.05) is 17.9 Å². The summed E-state index contributed by atoms with van der Waals surface area (Å²) in [5.74, 6) is 0.759. The average molecular weight is 313 g/mol. The van der Waals surface area contributed by atoms with E-state index in [1.54, 1.807) is 4.52 Å². The summed E-state index contributed by atoms with van der Waals surface area (Å²) in [6, 6.07) is 7.50. The number of rotatable bonds is 5. The molecule has 0 amide bonds. The van der Waals surface area contributed by atoms with Crippen LogP contribution in [0, 0.1) is 6.92 Å². The zero-order chi connectivity index (χ0) is 15.7.